The van der Waals surface area contributed by atoms with E-state index < -0.39 is 11.7 Å². The van der Waals surface area contributed by atoms with E-state index in [4.69, 9.17) is 10.5 Å². The minimum atomic E-state index is -4.46. The van der Waals surface area contributed by atoms with Crippen molar-refractivity contribution in [1.29, 1.82) is 0 Å². The Labute approximate surface area is 155 Å². The molecule has 27 heavy (non-hydrogen) atoms. The number of para-hydroxylation sites is 1. The van der Waals surface area contributed by atoms with Gasteiger partial charge in [0.2, 0.25) is 5.88 Å². The largest absolute Gasteiger partial charge is 0.437 e. The van der Waals surface area contributed by atoms with Gasteiger partial charge in [0.1, 0.15) is 11.8 Å². The molecule has 2 heterocycles. The van der Waals surface area contributed by atoms with E-state index in [1.54, 1.807) is 11.6 Å². The Hall–Kier alpha value is -3.20. The van der Waals surface area contributed by atoms with Crippen molar-refractivity contribution in [1.82, 2.24) is 15.0 Å². The van der Waals surface area contributed by atoms with E-state index in [2.05, 4.69) is 15.0 Å². The summed E-state index contributed by atoms with van der Waals surface area (Å²) in [7, 11) is 0. The molecule has 9 heteroatoms. The molecule has 0 saturated carbocycles. The number of ether oxygens (including phenoxy) is 1. The second-order valence-electron chi connectivity index (χ2n) is 5.60. The molecule has 2 aromatic heterocycles. The summed E-state index contributed by atoms with van der Waals surface area (Å²) < 4.78 is 45.2. The average Bonchev–Trinajstić information content (AvgIpc) is 3.11. The van der Waals surface area contributed by atoms with Gasteiger partial charge in [-0.15, -0.1) is 11.3 Å². The summed E-state index contributed by atoms with van der Waals surface area (Å²) in [5, 5.41) is 0. The van der Waals surface area contributed by atoms with Gasteiger partial charge in [-0.25, -0.2) is 15.0 Å². The predicted octanol–water partition coefficient (Wildman–Crippen LogP) is 5.15. The average molecular weight is 388 g/mol. The van der Waals surface area contributed by atoms with Gasteiger partial charge in [-0.3, -0.25) is 0 Å². The number of nitrogens with two attached hydrogens (primary N) is 1. The second-order valence-corrected chi connectivity index (χ2v) is 6.48. The number of nitrogens with zero attached hydrogens (tertiary/aromatic N) is 3. The molecule has 0 aliphatic rings. The summed E-state index contributed by atoms with van der Waals surface area (Å²) >= 11 is 1.49. The van der Waals surface area contributed by atoms with Crippen molar-refractivity contribution in [2.45, 2.75) is 6.18 Å². The molecule has 0 radical (unpaired) electrons. The molecule has 0 amide bonds. The topological polar surface area (TPSA) is 73.9 Å². The number of anilines is 1. The molecular weight excluding hydrogens is 377 g/mol. The van der Waals surface area contributed by atoms with Gasteiger partial charge in [-0.1, -0.05) is 12.1 Å². The Balaban J connectivity index is 1.68. The van der Waals surface area contributed by atoms with E-state index >= 15 is 0 Å². The van der Waals surface area contributed by atoms with Crippen molar-refractivity contribution in [3.63, 3.8) is 0 Å². The first-order chi connectivity index (χ1) is 12.9. The van der Waals surface area contributed by atoms with Gasteiger partial charge < -0.3 is 10.5 Å². The van der Waals surface area contributed by atoms with E-state index in [9.17, 15) is 13.2 Å². The lowest BCUT2D eigenvalue weighted by Gasteiger charge is -2.11. The fourth-order valence-corrected chi connectivity index (χ4v) is 3.26. The van der Waals surface area contributed by atoms with Gasteiger partial charge in [-0.2, -0.15) is 13.2 Å². The first-order valence-corrected chi connectivity index (χ1v) is 8.59. The van der Waals surface area contributed by atoms with Gasteiger partial charge in [0.25, 0.3) is 0 Å². The number of benzene rings is 2. The fraction of sp³-hybridized carbons (Fsp3) is 0.0556. The highest BCUT2D eigenvalue weighted by Crippen LogP contribution is 2.35. The van der Waals surface area contributed by atoms with Gasteiger partial charge in [0, 0.05) is 17.3 Å². The van der Waals surface area contributed by atoms with Crippen LogP contribution in [0.4, 0.5) is 18.9 Å². The van der Waals surface area contributed by atoms with Crippen LogP contribution in [0.15, 0.2) is 54.3 Å². The van der Waals surface area contributed by atoms with E-state index in [0.717, 1.165) is 16.8 Å². The molecule has 0 saturated heterocycles. The maximum absolute atomic E-state index is 12.8. The zero-order valence-corrected chi connectivity index (χ0v) is 14.4. The summed E-state index contributed by atoms with van der Waals surface area (Å²) in [5.74, 6) is 0.763. The van der Waals surface area contributed by atoms with Crippen LogP contribution in [-0.2, 0) is 6.18 Å². The molecule has 0 unspecified atom stereocenters. The van der Waals surface area contributed by atoms with Crippen LogP contribution < -0.4 is 10.5 Å². The third-order valence-electron chi connectivity index (χ3n) is 3.83. The van der Waals surface area contributed by atoms with Crippen LogP contribution >= 0.6 is 11.3 Å². The Morgan fingerprint density at radius 3 is 2.63 bits per heavy atom. The number of aromatic nitrogens is 3. The van der Waals surface area contributed by atoms with Crippen molar-refractivity contribution in [2.75, 3.05) is 5.73 Å². The highest BCUT2D eigenvalue weighted by Gasteiger charge is 2.31. The molecule has 0 bridgehead atoms. The first-order valence-electron chi connectivity index (χ1n) is 7.71. The van der Waals surface area contributed by atoms with Crippen molar-refractivity contribution >= 4 is 27.2 Å². The highest BCUT2D eigenvalue weighted by molar-refractivity contribution is 7.16. The summed E-state index contributed by atoms with van der Waals surface area (Å²) in [6.07, 6.45) is -3.19. The maximum atomic E-state index is 12.8. The second kappa shape index (κ2) is 6.51. The summed E-state index contributed by atoms with van der Waals surface area (Å²) in [5.41, 5.74) is 8.10. The van der Waals surface area contributed by atoms with Crippen molar-refractivity contribution in [3.8, 4) is 22.9 Å². The van der Waals surface area contributed by atoms with Gasteiger partial charge >= 0.3 is 6.18 Å². The smallest absolute Gasteiger partial charge is 0.416 e. The van der Waals surface area contributed by atoms with E-state index in [0.29, 0.717) is 22.5 Å². The van der Waals surface area contributed by atoms with E-state index in [1.165, 1.54) is 29.8 Å². The van der Waals surface area contributed by atoms with Crippen molar-refractivity contribution < 1.29 is 17.9 Å². The fourth-order valence-electron chi connectivity index (χ4n) is 2.57. The van der Waals surface area contributed by atoms with Crippen molar-refractivity contribution in [2.24, 2.45) is 0 Å². The number of hydrogen-bond acceptors (Lipinski definition) is 6. The monoisotopic (exact) mass is 388 g/mol. The molecule has 0 aliphatic heterocycles. The summed E-state index contributed by atoms with van der Waals surface area (Å²) in [6, 6.07) is 10.2. The molecule has 0 atom stereocenters. The number of nitrogen functional groups attached to an aromatic ring is 1. The SMILES string of the molecule is Nc1cc(C(F)(F)F)ccc1-c1cc(Oc2cccc3scnc23)ncn1. The van der Waals surface area contributed by atoms with Crippen LogP contribution in [0.1, 0.15) is 5.56 Å². The lowest BCUT2D eigenvalue weighted by molar-refractivity contribution is -0.137. The molecule has 136 valence electrons. The third-order valence-corrected chi connectivity index (χ3v) is 4.63. The molecular formula is C18H11F3N4OS. The zero-order chi connectivity index (χ0) is 19.0. The normalized spacial score (nSPS) is 11.7. The summed E-state index contributed by atoms with van der Waals surface area (Å²) in [4.78, 5) is 12.4. The third kappa shape index (κ3) is 3.41. The Bertz CT molecular complexity index is 1130. The Kier molecular flexibility index (Phi) is 4.15. The van der Waals surface area contributed by atoms with E-state index in [1.807, 2.05) is 12.1 Å². The Morgan fingerprint density at radius 2 is 1.85 bits per heavy atom. The number of halogens is 3. The number of hydrogen-bond donors (Lipinski definition) is 1. The lowest BCUT2D eigenvalue weighted by atomic mass is 10.1. The zero-order valence-electron chi connectivity index (χ0n) is 13.6. The van der Waals surface area contributed by atoms with Crippen LogP contribution in [0.2, 0.25) is 0 Å². The van der Waals surface area contributed by atoms with Crippen LogP contribution in [-0.4, -0.2) is 15.0 Å². The number of rotatable bonds is 3. The molecule has 2 N–H and O–H groups in total. The maximum Gasteiger partial charge on any atom is 0.416 e. The highest BCUT2D eigenvalue weighted by atomic mass is 32.1. The minimum Gasteiger partial charge on any atom is -0.437 e. The van der Waals surface area contributed by atoms with Crippen molar-refractivity contribution in [3.05, 3.63) is 59.9 Å². The van der Waals surface area contributed by atoms with Crippen LogP contribution in [0, 0.1) is 0 Å². The van der Waals surface area contributed by atoms with Gasteiger partial charge in [0.15, 0.2) is 5.75 Å². The molecule has 0 spiro atoms. The molecule has 4 rings (SSSR count). The predicted molar refractivity (Wildman–Crippen MR) is 96.6 cm³/mol. The minimum absolute atomic E-state index is 0.0314. The molecule has 4 aromatic rings. The Morgan fingerprint density at radius 1 is 1.00 bits per heavy atom. The number of thiazole rings is 1. The number of fused-ring (bicyclic) bond motifs is 1. The van der Waals surface area contributed by atoms with Crippen LogP contribution in [0.3, 0.4) is 0 Å². The molecule has 0 fully saturated rings. The van der Waals surface area contributed by atoms with Gasteiger partial charge in [0.05, 0.1) is 21.5 Å². The van der Waals surface area contributed by atoms with Crippen LogP contribution in [0.5, 0.6) is 11.6 Å². The molecule has 2 aromatic carbocycles. The number of alkyl halides is 3. The summed E-state index contributed by atoms with van der Waals surface area (Å²) in [6.45, 7) is 0. The lowest BCUT2D eigenvalue weighted by Crippen LogP contribution is -2.06. The standard InChI is InChI=1S/C18H11F3N4OS/c19-18(20,21)10-4-5-11(12(22)6-10)13-7-16(24-8-23-13)26-14-2-1-3-15-17(14)25-9-27-15/h1-9H,22H2. The van der Waals surface area contributed by atoms with E-state index in [-0.39, 0.29) is 11.6 Å². The van der Waals surface area contributed by atoms with Gasteiger partial charge in [-0.05, 0) is 24.3 Å². The first kappa shape index (κ1) is 17.2. The molecule has 0 aliphatic carbocycles. The quantitative estimate of drug-likeness (QED) is 0.492. The van der Waals surface area contributed by atoms with Crippen LogP contribution in [0.25, 0.3) is 21.5 Å². The molecule has 5 nitrogen and oxygen atoms in total.